The average Bonchev–Trinajstić information content (AvgIpc) is 2.80. The Hall–Kier alpha value is -4.47. The number of para-hydroxylation sites is 3. The summed E-state index contributed by atoms with van der Waals surface area (Å²) in [5.74, 6) is -1.36. The summed E-state index contributed by atoms with van der Waals surface area (Å²) in [6, 6.07) is 15.2. The Balaban J connectivity index is 1.78. The molecule has 7 nitrogen and oxygen atoms in total. The van der Waals surface area contributed by atoms with Crippen molar-refractivity contribution >= 4 is 22.5 Å². The molecule has 0 radical (unpaired) electrons. The molecule has 0 unspecified atom stereocenters. The van der Waals surface area contributed by atoms with Crippen LogP contribution in [0.3, 0.4) is 0 Å². The second-order valence-electron chi connectivity index (χ2n) is 7.14. The van der Waals surface area contributed by atoms with Gasteiger partial charge in [-0.3, -0.25) is 9.59 Å². The predicted molar refractivity (Wildman–Crippen MR) is 119 cm³/mol. The maximum absolute atomic E-state index is 13.3. The number of aromatic nitrogens is 1. The number of anilines is 1. The zero-order valence-electron chi connectivity index (χ0n) is 17.6. The molecule has 3 N–H and O–H groups in total. The van der Waals surface area contributed by atoms with Crippen LogP contribution in [0.4, 0.5) is 18.9 Å². The van der Waals surface area contributed by atoms with E-state index in [1.807, 2.05) is 0 Å². The van der Waals surface area contributed by atoms with E-state index in [2.05, 4.69) is 10.3 Å². The number of nitrogens with one attached hydrogen (secondary N) is 2. The number of amides is 1. The molecule has 34 heavy (non-hydrogen) atoms. The monoisotopic (exact) mass is 470 g/mol. The maximum Gasteiger partial charge on any atom is 0.416 e. The average molecular weight is 470 g/mol. The van der Waals surface area contributed by atoms with E-state index in [1.54, 1.807) is 30.3 Å². The number of hydrogen-bond donors (Lipinski definition) is 3. The van der Waals surface area contributed by atoms with Crippen LogP contribution < -0.4 is 20.3 Å². The first kappa shape index (κ1) is 22.7. The number of hydrogen-bond acceptors (Lipinski definition) is 5. The number of pyridine rings is 1. The smallest absolute Gasteiger partial charge is 0.416 e. The molecule has 174 valence electrons. The van der Waals surface area contributed by atoms with Crippen LogP contribution in [0.15, 0.2) is 71.5 Å². The van der Waals surface area contributed by atoms with E-state index >= 15 is 0 Å². The number of aromatic hydroxyl groups is 1. The van der Waals surface area contributed by atoms with Gasteiger partial charge in [0.15, 0.2) is 17.2 Å². The Morgan fingerprint density at radius 1 is 0.971 bits per heavy atom. The van der Waals surface area contributed by atoms with E-state index in [9.17, 15) is 27.9 Å². The lowest BCUT2D eigenvalue weighted by Crippen LogP contribution is -2.24. The van der Waals surface area contributed by atoms with Gasteiger partial charge in [0, 0.05) is 5.39 Å². The van der Waals surface area contributed by atoms with Crippen LogP contribution in [0.25, 0.3) is 10.9 Å². The number of rotatable bonds is 5. The molecule has 1 aromatic heterocycles. The van der Waals surface area contributed by atoms with Crippen molar-refractivity contribution in [2.24, 2.45) is 0 Å². The molecular weight excluding hydrogens is 453 g/mol. The van der Waals surface area contributed by atoms with E-state index < -0.39 is 34.5 Å². The minimum atomic E-state index is -4.70. The number of carbonyl (C=O) groups excluding carboxylic acids is 1. The summed E-state index contributed by atoms with van der Waals surface area (Å²) in [6.45, 7) is 0. The zero-order chi connectivity index (χ0) is 24.5. The highest BCUT2D eigenvalue weighted by Gasteiger charge is 2.32. The third-order valence-corrected chi connectivity index (χ3v) is 4.97. The van der Waals surface area contributed by atoms with Crippen molar-refractivity contribution in [3.63, 3.8) is 0 Å². The van der Waals surface area contributed by atoms with Crippen molar-refractivity contribution in [1.29, 1.82) is 0 Å². The highest BCUT2D eigenvalue weighted by atomic mass is 19.4. The first-order chi connectivity index (χ1) is 16.2. The van der Waals surface area contributed by atoms with Crippen LogP contribution in [0, 0.1) is 0 Å². The predicted octanol–water partition coefficient (Wildman–Crippen LogP) is 5.31. The van der Waals surface area contributed by atoms with Gasteiger partial charge in [0.1, 0.15) is 11.3 Å². The molecule has 0 fully saturated rings. The van der Waals surface area contributed by atoms with Gasteiger partial charge < -0.3 is 24.9 Å². The van der Waals surface area contributed by atoms with Gasteiger partial charge >= 0.3 is 6.18 Å². The van der Waals surface area contributed by atoms with Crippen molar-refractivity contribution in [3.8, 4) is 23.0 Å². The number of aromatic amines is 1. The third kappa shape index (κ3) is 4.38. The largest absolute Gasteiger partial charge is 0.506 e. The molecule has 0 aliphatic heterocycles. The molecule has 0 atom stereocenters. The van der Waals surface area contributed by atoms with Crippen molar-refractivity contribution < 1.29 is 32.5 Å². The fourth-order valence-corrected chi connectivity index (χ4v) is 3.34. The van der Waals surface area contributed by atoms with Crippen LogP contribution in [0.1, 0.15) is 15.9 Å². The van der Waals surface area contributed by atoms with Gasteiger partial charge in [-0.25, -0.2) is 0 Å². The molecule has 0 saturated heterocycles. The van der Waals surface area contributed by atoms with Gasteiger partial charge in [-0.2, -0.15) is 13.2 Å². The second-order valence-corrected chi connectivity index (χ2v) is 7.14. The number of fused-ring (bicyclic) bond motifs is 1. The molecule has 0 spiro atoms. The van der Waals surface area contributed by atoms with Crippen LogP contribution in [-0.4, -0.2) is 23.1 Å². The van der Waals surface area contributed by atoms with E-state index in [0.717, 1.165) is 12.1 Å². The Kier molecular flexibility index (Phi) is 5.89. The molecule has 1 amide bonds. The van der Waals surface area contributed by atoms with Gasteiger partial charge in [0.25, 0.3) is 11.5 Å². The Bertz CT molecular complexity index is 1450. The minimum Gasteiger partial charge on any atom is -0.506 e. The SMILES string of the molecule is COc1ccccc1Oc1ccc(C(F)(F)F)cc1NC(=O)c1c(O)c2ccccc2[nH]c1=O. The highest BCUT2D eigenvalue weighted by molar-refractivity contribution is 6.09. The lowest BCUT2D eigenvalue weighted by molar-refractivity contribution is -0.137. The number of halogens is 3. The van der Waals surface area contributed by atoms with E-state index in [4.69, 9.17) is 9.47 Å². The summed E-state index contributed by atoms with van der Waals surface area (Å²) in [5.41, 5.74) is -2.68. The second kappa shape index (κ2) is 8.81. The summed E-state index contributed by atoms with van der Waals surface area (Å²) in [5, 5.41) is 13.0. The van der Waals surface area contributed by atoms with Gasteiger partial charge in [-0.1, -0.05) is 24.3 Å². The lowest BCUT2D eigenvalue weighted by atomic mass is 10.1. The number of H-pyrrole nitrogens is 1. The Labute approximate surface area is 190 Å². The van der Waals surface area contributed by atoms with Gasteiger partial charge in [-0.15, -0.1) is 0 Å². The maximum atomic E-state index is 13.3. The number of benzene rings is 3. The van der Waals surface area contributed by atoms with Crippen LogP contribution in [0.5, 0.6) is 23.0 Å². The van der Waals surface area contributed by atoms with Crippen LogP contribution in [0.2, 0.25) is 0 Å². The first-order valence-electron chi connectivity index (χ1n) is 9.86. The molecule has 0 saturated carbocycles. The van der Waals surface area contributed by atoms with E-state index in [0.29, 0.717) is 17.3 Å². The van der Waals surface area contributed by atoms with Crippen molar-refractivity contribution in [2.45, 2.75) is 6.18 Å². The van der Waals surface area contributed by atoms with Crippen LogP contribution >= 0.6 is 0 Å². The summed E-state index contributed by atoms with van der Waals surface area (Å²) in [7, 11) is 1.40. The Morgan fingerprint density at radius 3 is 2.35 bits per heavy atom. The number of alkyl halides is 3. The van der Waals surface area contributed by atoms with Gasteiger partial charge in [0.2, 0.25) is 0 Å². The Morgan fingerprint density at radius 2 is 1.65 bits per heavy atom. The molecule has 10 heteroatoms. The van der Waals surface area contributed by atoms with Gasteiger partial charge in [0.05, 0.1) is 23.9 Å². The summed E-state index contributed by atoms with van der Waals surface area (Å²) in [6.07, 6.45) is -4.70. The topological polar surface area (TPSA) is 101 Å². The summed E-state index contributed by atoms with van der Waals surface area (Å²) < 4.78 is 50.9. The van der Waals surface area contributed by atoms with E-state index in [-0.39, 0.29) is 22.6 Å². The summed E-state index contributed by atoms with van der Waals surface area (Å²) >= 11 is 0. The highest BCUT2D eigenvalue weighted by Crippen LogP contribution is 2.39. The molecule has 4 rings (SSSR count). The number of ether oxygens (including phenoxy) is 2. The molecule has 1 heterocycles. The standard InChI is InChI=1S/C24H17F3N2O5/c1-33-18-8-4-5-9-19(18)34-17-11-10-13(24(25,26)27)12-16(17)29-23(32)20-21(30)14-6-2-3-7-15(14)28-22(20)31/h2-12H,1H3,(H,29,32)(H2,28,30,31). The minimum absolute atomic E-state index is 0.137. The molecule has 0 aliphatic rings. The number of carbonyl (C=O) groups is 1. The molecule has 4 aromatic rings. The number of methoxy groups -OCH3 is 1. The molecule has 0 aliphatic carbocycles. The van der Waals surface area contributed by atoms with Crippen LogP contribution in [-0.2, 0) is 6.18 Å². The van der Waals surface area contributed by atoms with Gasteiger partial charge in [-0.05, 0) is 42.5 Å². The quantitative estimate of drug-likeness (QED) is 0.367. The third-order valence-electron chi connectivity index (χ3n) is 4.97. The van der Waals surface area contributed by atoms with E-state index in [1.165, 1.54) is 25.3 Å². The normalized spacial score (nSPS) is 11.3. The summed E-state index contributed by atoms with van der Waals surface area (Å²) in [4.78, 5) is 27.9. The first-order valence-corrected chi connectivity index (χ1v) is 9.86. The fraction of sp³-hybridized carbons (Fsp3) is 0.0833. The molecule has 0 bridgehead atoms. The van der Waals surface area contributed by atoms with Crippen molar-refractivity contribution in [2.75, 3.05) is 12.4 Å². The molecular formula is C24H17F3N2O5. The fourth-order valence-electron chi connectivity index (χ4n) is 3.34. The van der Waals surface area contributed by atoms with Crippen molar-refractivity contribution in [3.05, 3.63) is 88.2 Å². The lowest BCUT2D eigenvalue weighted by Gasteiger charge is -2.16. The zero-order valence-corrected chi connectivity index (χ0v) is 17.6. The van der Waals surface area contributed by atoms with Crippen molar-refractivity contribution in [1.82, 2.24) is 4.98 Å². The molecule has 3 aromatic carbocycles.